The molecule has 2 saturated heterocycles. The molecule has 0 amide bonds. The number of nitrogens with one attached hydrogen (secondary N) is 1. The maximum Gasteiger partial charge on any atom is 0.151 e. The molecule has 2 aliphatic rings. The van der Waals surface area contributed by atoms with Crippen molar-refractivity contribution in [2.45, 2.75) is 51.2 Å². The molecule has 1 N–H and O–H groups in total. The number of sulfone groups is 1. The molecule has 3 unspecified atom stereocenters. The van der Waals surface area contributed by atoms with Gasteiger partial charge in [-0.1, -0.05) is 6.92 Å². The van der Waals surface area contributed by atoms with E-state index < -0.39 is 9.84 Å². The molecule has 2 aliphatic heterocycles. The van der Waals surface area contributed by atoms with E-state index in [-0.39, 0.29) is 6.04 Å². The van der Waals surface area contributed by atoms with Crippen molar-refractivity contribution in [2.24, 2.45) is 0 Å². The van der Waals surface area contributed by atoms with Crippen LogP contribution in [0, 0.1) is 0 Å². The van der Waals surface area contributed by atoms with E-state index in [0.717, 1.165) is 32.4 Å². The van der Waals surface area contributed by atoms with Gasteiger partial charge in [0.05, 0.1) is 11.5 Å². The maximum absolute atomic E-state index is 11.5. The molecule has 100 valence electrons. The molecule has 2 fully saturated rings. The van der Waals surface area contributed by atoms with Gasteiger partial charge in [-0.3, -0.25) is 4.90 Å². The Kier molecular flexibility index (Phi) is 4.10. The molecule has 3 atom stereocenters. The summed E-state index contributed by atoms with van der Waals surface area (Å²) in [5.74, 6) is 0.765. The Morgan fingerprint density at radius 3 is 2.65 bits per heavy atom. The zero-order valence-electron chi connectivity index (χ0n) is 10.9. The summed E-state index contributed by atoms with van der Waals surface area (Å²) in [6.07, 6.45) is 3.12. The van der Waals surface area contributed by atoms with Crippen LogP contribution in [-0.4, -0.2) is 56.0 Å². The summed E-state index contributed by atoms with van der Waals surface area (Å²) in [6.45, 7) is 6.43. The molecule has 0 radical (unpaired) electrons. The Labute approximate surface area is 105 Å². The SMILES string of the molecule is CCNC1CCN(C2CCS(=O)(=O)C2)C(C)C1. The third-order valence-electron chi connectivity index (χ3n) is 4.10. The lowest BCUT2D eigenvalue weighted by Crippen LogP contribution is -2.51. The predicted octanol–water partition coefficient (Wildman–Crippen LogP) is 0.636. The summed E-state index contributed by atoms with van der Waals surface area (Å²) >= 11 is 0. The van der Waals surface area contributed by atoms with Crippen LogP contribution in [-0.2, 0) is 9.84 Å². The van der Waals surface area contributed by atoms with Crippen molar-refractivity contribution in [1.82, 2.24) is 10.2 Å². The Hall–Kier alpha value is -0.130. The highest BCUT2D eigenvalue weighted by Gasteiger charge is 2.36. The minimum Gasteiger partial charge on any atom is -0.314 e. The molecule has 0 aromatic rings. The average molecular weight is 260 g/mol. The molecular formula is C12H24N2O2S. The predicted molar refractivity (Wildman–Crippen MR) is 69.9 cm³/mol. The van der Waals surface area contributed by atoms with E-state index in [4.69, 9.17) is 0 Å². The first-order valence-electron chi connectivity index (χ1n) is 6.71. The van der Waals surface area contributed by atoms with Crippen LogP contribution in [0.4, 0.5) is 0 Å². The van der Waals surface area contributed by atoms with Gasteiger partial charge in [-0.15, -0.1) is 0 Å². The van der Waals surface area contributed by atoms with Crippen LogP contribution >= 0.6 is 0 Å². The lowest BCUT2D eigenvalue weighted by Gasteiger charge is -2.41. The van der Waals surface area contributed by atoms with E-state index in [1.807, 2.05) is 0 Å². The topological polar surface area (TPSA) is 49.4 Å². The Morgan fingerprint density at radius 1 is 1.35 bits per heavy atom. The summed E-state index contributed by atoms with van der Waals surface area (Å²) in [5.41, 5.74) is 0. The number of likely N-dealkylation sites (tertiary alicyclic amines) is 1. The fourth-order valence-corrected chi connectivity index (χ4v) is 4.99. The zero-order chi connectivity index (χ0) is 12.5. The van der Waals surface area contributed by atoms with Gasteiger partial charge in [0.2, 0.25) is 0 Å². The first-order chi connectivity index (χ1) is 8.02. The van der Waals surface area contributed by atoms with Gasteiger partial charge in [0, 0.05) is 24.7 Å². The van der Waals surface area contributed by atoms with Gasteiger partial charge >= 0.3 is 0 Å². The van der Waals surface area contributed by atoms with Gasteiger partial charge in [-0.05, 0) is 32.7 Å². The van der Waals surface area contributed by atoms with Crippen molar-refractivity contribution in [3.05, 3.63) is 0 Å². The normalized spacial score (nSPS) is 38.4. The molecule has 0 aromatic carbocycles. The highest BCUT2D eigenvalue weighted by atomic mass is 32.2. The van der Waals surface area contributed by atoms with Crippen molar-refractivity contribution in [1.29, 1.82) is 0 Å². The maximum atomic E-state index is 11.5. The van der Waals surface area contributed by atoms with Gasteiger partial charge in [0.25, 0.3) is 0 Å². The first-order valence-corrected chi connectivity index (χ1v) is 8.53. The van der Waals surface area contributed by atoms with Gasteiger partial charge in [-0.2, -0.15) is 0 Å². The Bertz CT molecular complexity index is 356. The number of rotatable bonds is 3. The van der Waals surface area contributed by atoms with Crippen molar-refractivity contribution >= 4 is 9.84 Å². The van der Waals surface area contributed by atoms with E-state index in [2.05, 4.69) is 24.1 Å². The van der Waals surface area contributed by atoms with Crippen molar-refractivity contribution in [3.63, 3.8) is 0 Å². The Balaban J connectivity index is 1.91. The second-order valence-corrected chi connectivity index (χ2v) is 7.65. The standard InChI is InChI=1S/C12H24N2O2S/c1-3-13-11-4-6-14(10(2)8-11)12-5-7-17(15,16)9-12/h10-13H,3-9H2,1-2H3. The van der Waals surface area contributed by atoms with Gasteiger partial charge < -0.3 is 5.32 Å². The van der Waals surface area contributed by atoms with Gasteiger partial charge in [-0.25, -0.2) is 8.42 Å². The van der Waals surface area contributed by atoms with E-state index in [1.54, 1.807) is 0 Å². The summed E-state index contributed by atoms with van der Waals surface area (Å²) in [4.78, 5) is 2.42. The van der Waals surface area contributed by atoms with Crippen LogP contribution in [0.3, 0.4) is 0 Å². The molecule has 4 nitrogen and oxygen atoms in total. The molecule has 2 rings (SSSR count). The van der Waals surface area contributed by atoms with Crippen molar-refractivity contribution < 1.29 is 8.42 Å². The average Bonchev–Trinajstić information content (AvgIpc) is 2.59. The quantitative estimate of drug-likeness (QED) is 0.809. The number of piperidine rings is 1. The van der Waals surface area contributed by atoms with Crippen molar-refractivity contribution in [2.75, 3.05) is 24.6 Å². The highest BCUT2D eigenvalue weighted by Crippen LogP contribution is 2.25. The van der Waals surface area contributed by atoms with Crippen LogP contribution in [0.1, 0.15) is 33.1 Å². The summed E-state index contributed by atoms with van der Waals surface area (Å²) in [6, 6.07) is 1.40. The van der Waals surface area contributed by atoms with Crippen LogP contribution in [0.15, 0.2) is 0 Å². The van der Waals surface area contributed by atoms with Gasteiger partial charge in [0.1, 0.15) is 0 Å². The molecule has 0 aliphatic carbocycles. The summed E-state index contributed by atoms with van der Waals surface area (Å²) in [5, 5.41) is 3.50. The monoisotopic (exact) mass is 260 g/mol. The molecule has 0 saturated carbocycles. The fraction of sp³-hybridized carbons (Fsp3) is 1.00. The molecule has 2 heterocycles. The summed E-state index contributed by atoms with van der Waals surface area (Å²) in [7, 11) is -2.75. The minimum absolute atomic E-state index is 0.276. The van der Waals surface area contributed by atoms with Crippen LogP contribution in [0.25, 0.3) is 0 Å². The van der Waals surface area contributed by atoms with E-state index in [1.165, 1.54) is 0 Å². The highest BCUT2D eigenvalue weighted by molar-refractivity contribution is 7.91. The van der Waals surface area contributed by atoms with Crippen LogP contribution < -0.4 is 5.32 Å². The van der Waals surface area contributed by atoms with Crippen LogP contribution in [0.2, 0.25) is 0 Å². The smallest absolute Gasteiger partial charge is 0.151 e. The Morgan fingerprint density at radius 2 is 2.12 bits per heavy atom. The minimum atomic E-state index is -2.75. The van der Waals surface area contributed by atoms with E-state index in [9.17, 15) is 8.42 Å². The fourth-order valence-electron chi connectivity index (χ4n) is 3.24. The van der Waals surface area contributed by atoms with Crippen LogP contribution in [0.5, 0.6) is 0 Å². The summed E-state index contributed by atoms with van der Waals surface area (Å²) < 4.78 is 23.0. The number of hydrogen-bond donors (Lipinski definition) is 1. The van der Waals surface area contributed by atoms with Gasteiger partial charge in [0.15, 0.2) is 9.84 Å². The zero-order valence-corrected chi connectivity index (χ0v) is 11.7. The molecule has 5 heteroatoms. The third-order valence-corrected chi connectivity index (χ3v) is 5.85. The molecule has 0 aromatic heterocycles. The first kappa shape index (κ1) is 13.3. The largest absolute Gasteiger partial charge is 0.314 e. The van der Waals surface area contributed by atoms with E-state index >= 15 is 0 Å². The molecule has 0 bridgehead atoms. The lowest BCUT2D eigenvalue weighted by atomic mass is 9.96. The van der Waals surface area contributed by atoms with E-state index in [0.29, 0.717) is 23.6 Å². The second kappa shape index (κ2) is 5.24. The lowest BCUT2D eigenvalue weighted by molar-refractivity contribution is 0.0989. The molecule has 0 spiro atoms. The number of nitrogens with zero attached hydrogens (tertiary/aromatic N) is 1. The van der Waals surface area contributed by atoms with Crippen molar-refractivity contribution in [3.8, 4) is 0 Å². The molecule has 17 heavy (non-hydrogen) atoms. The number of hydrogen-bond acceptors (Lipinski definition) is 4. The molecular weight excluding hydrogens is 236 g/mol. The third kappa shape index (κ3) is 3.20. The second-order valence-electron chi connectivity index (χ2n) is 5.42.